The zero-order valence-electron chi connectivity index (χ0n) is 13.4. The summed E-state index contributed by atoms with van der Waals surface area (Å²) in [6.07, 6.45) is 8.26. The molecule has 1 heterocycles. The number of hydrogen-bond acceptors (Lipinski definition) is 2. The minimum absolute atomic E-state index is 0.770. The molecule has 0 bridgehead atoms. The number of hydrogen-bond donors (Lipinski definition) is 1. The fraction of sp³-hybridized carbons (Fsp3) is 0.684. The van der Waals surface area contributed by atoms with Crippen molar-refractivity contribution in [2.45, 2.75) is 44.6 Å². The van der Waals surface area contributed by atoms with Gasteiger partial charge in [0.2, 0.25) is 0 Å². The predicted octanol–water partition coefficient (Wildman–Crippen LogP) is 3.33. The monoisotopic (exact) mass is 286 g/mol. The summed E-state index contributed by atoms with van der Waals surface area (Å²) < 4.78 is 0. The molecule has 1 aliphatic heterocycles. The molecule has 3 rings (SSSR count). The van der Waals surface area contributed by atoms with E-state index in [-0.39, 0.29) is 0 Å². The zero-order chi connectivity index (χ0) is 14.5. The predicted molar refractivity (Wildman–Crippen MR) is 89.5 cm³/mol. The van der Waals surface area contributed by atoms with Crippen LogP contribution in [0.1, 0.15) is 37.7 Å². The highest BCUT2D eigenvalue weighted by atomic mass is 15.1. The largest absolute Gasteiger partial charge is 0.317 e. The molecule has 0 spiro atoms. The Morgan fingerprint density at radius 3 is 2.52 bits per heavy atom. The number of nitrogens with one attached hydrogen (secondary N) is 1. The third-order valence-electron chi connectivity index (χ3n) is 5.60. The first-order valence-electron chi connectivity index (χ1n) is 8.78. The Balaban J connectivity index is 1.43. The van der Waals surface area contributed by atoms with E-state index in [2.05, 4.69) is 47.6 Å². The molecular weight excluding hydrogens is 256 g/mol. The van der Waals surface area contributed by atoms with Gasteiger partial charge in [0.25, 0.3) is 0 Å². The minimum Gasteiger partial charge on any atom is -0.317 e. The van der Waals surface area contributed by atoms with E-state index in [0.29, 0.717) is 0 Å². The van der Waals surface area contributed by atoms with E-state index in [1.165, 1.54) is 63.7 Å². The molecule has 0 radical (unpaired) electrons. The van der Waals surface area contributed by atoms with Gasteiger partial charge in [-0.05, 0) is 69.6 Å². The Labute approximate surface area is 129 Å². The van der Waals surface area contributed by atoms with Gasteiger partial charge in [0.05, 0.1) is 0 Å². The SMILES string of the molecule is CNC1CCCC1CN1CCC(Cc2ccccc2)CC1. The smallest absolute Gasteiger partial charge is 0.0104 e. The Kier molecular flexibility index (Phi) is 5.32. The number of rotatable bonds is 5. The van der Waals surface area contributed by atoms with Gasteiger partial charge in [-0.15, -0.1) is 0 Å². The van der Waals surface area contributed by atoms with Gasteiger partial charge in [-0.3, -0.25) is 0 Å². The first kappa shape index (κ1) is 15.1. The van der Waals surface area contributed by atoms with Crippen LogP contribution in [0.4, 0.5) is 0 Å². The molecule has 2 aliphatic rings. The summed E-state index contributed by atoms with van der Waals surface area (Å²) in [5.41, 5.74) is 1.52. The lowest BCUT2D eigenvalue weighted by atomic mass is 9.89. The topological polar surface area (TPSA) is 15.3 Å². The van der Waals surface area contributed by atoms with Crippen molar-refractivity contribution in [2.75, 3.05) is 26.7 Å². The normalized spacial score (nSPS) is 28.0. The molecule has 1 N–H and O–H groups in total. The maximum atomic E-state index is 3.52. The second kappa shape index (κ2) is 7.42. The second-order valence-electron chi connectivity index (χ2n) is 7.02. The fourth-order valence-corrected chi connectivity index (χ4v) is 4.29. The van der Waals surface area contributed by atoms with Crippen LogP contribution in [0.3, 0.4) is 0 Å². The highest BCUT2D eigenvalue weighted by Crippen LogP contribution is 2.28. The number of likely N-dealkylation sites (tertiary alicyclic amines) is 1. The average molecular weight is 286 g/mol. The summed E-state index contributed by atoms with van der Waals surface area (Å²) in [6.45, 7) is 3.94. The van der Waals surface area contributed by atoms with Crippen molar-refractivity contribution < 1.29 is 0 Å². The molecule has 1 saturated heterocycles. The van der Waals surface area contributed by atoms with E-state index in [1.54, 1.807) is 0 Å². The summed E-state index contributed by atoms with van der Waals surface area (Å²) in [5, 5.41) is 3.52. The van der Waals surface area contributed by atoms with Crippen LogP contribution in [0.15, 0.2) is 30.3 Å². The van der Waals surface area contributed by atoms with Crippen LogP contribution in [-0.2, 0) is 6.42 Å². The third kappa shape index (κ3) is 4.08. The maximum absolute atomic E-state index is 3.52. The van der Waals surface area contributed by atoms with Crippen molar-refractivity contribution in [3.63, 3.8) is 0 Å². The molecular formula is C19H30N2. The van der Waals surface area contributed by atoms with Crippen LogP contribution in [0.25, 0.3) is 0 Å². The molecule has 2 fully saturated rings. The molecule has 1 saturated carbocycles. The van der Waals surface area contributed by atoms with E-state index in [9.17, 15) is 0 Å². The summed E-state index contributed by atoms with van der Waals surface area (Å²) in [4.78, 5) is 2.72. The minimum atomic E-state index is 0.770. The van der Waals surface area contributed by atoms with E-state index >= 15 is 0 Å². The molecule has 21 heavy (non-hydrogen) atoms. The summed E-state index contributed by atoms with van der Waals surface area (Å²) >= 11 is 0. The Morgan fingerprint density at radius 2 is 1.81 bits per heavy atom. The van der Waals surface area contributed by atoms with E-state index in [0.717, 1.165) is 17.9 Å². The molecule has 116 valence electrons. The van der Waals surface area contributed by atoms with Crippen molar-refractivity contribution in [1.29, 1.82) is 0 Å². The van der Waals surface area contributed by atoms with Gasteiger partial charge in [-0.2, -0.15) is 0 Å². The van der Waals surface area contributed by atoms with Gasteiger partial charge in [-0.25, -0.2) is 0 Å². The second-order valence-corrected chi connectivity index (χ2v) is 7.02. The molecule has 0 amide bonds. The molecule has 2 heteroatoms. The van der Waals surface area contributed by atoms with Gasteiger partial charge in [-0.1, -0.05) is 36.8 Å². The quantitative estimate of drug-likeness (QED) is 0.893. The van der Waals surface area contributed by atoms with Crippen molar-refractivity contribution in [1.82, 2.24) is 10.2 Å². The molecule has 2 unspecified atom stereocenters. The first-order valence-corrected chi connectivity index (χ1v) is 8.78. The van der Waals surface area contributed by atoms with E-state index in [1.807, 2.05) is 0 Å². The lowest BCUT2D eigenvalue weighted by Gasteiger charge is -2.35. The van der Waals surface area contributed by atoms with Gasteiger partial charge in [0.1, 0.15) is 0 Å². The van der Waals surface area contributed by atoms with Crippen LogP contribution < -0.4 is 5.32 Å². The van der Waals surface area contributed by atoms with Crippen molar-refractivity contribution in [2.24, 2.45) is 11.8 Å². The molecule has 2 atom stereocenters. The van der Waals surface area contributed by atoms with Crippen LogP contribution in [-0.4, -0.2) is 37.6 Å². The lowest BCUT2D eigenvalue weighted by Crippen LogP contribution is -2.41. The van der Waals surface area contributed by atoms with Crippen molar-refractivity contribution in [3.05, 3.63) is 35.9 Å². The number of piperidine rings is 1. The third-order valence-corrected chi connectivity index (χ3v) is 5.60. The highest BCUT2D eigenvalue weighted by Gasteiger charge is 2.29. The maximum Gasteiger partial charge on any atom is 0.0104 e. The van der Waals surface area contributed by atoms with Crippen molar-refractivity contribution >= 4 is 0 Å². The fourth-order valence-electron chi connectivity index (χ4n) is 4.29. The highest BCUT2D eigenvalue weighted by molar-refractivity contribution is 5.15. The molecule has 2 nitrogen and oxygen atoms in total. The molecule has 1 aromatic rings. The van der Waals surface area contributed by atoms with Crippen LogP contribution >= 0.6 is 0 Å². The molecule has 1 aromatic carbocycles. The first-order chi connectivity index (χ1) is 10.3. The average Bonchev–Trinajstić information content (AvgIpc) is 2.97. The summed E-state index contributed by atoms with van der Waals surface area (Å²) in [7, 11) is 2.13. The number of nitrogens with zero attached hydrogens (tertiary/aromatic N) is 1. The van der Waals surface area contributed by atoms with Gasteiger partial charge < -0.3 is 10.2 Å². The number of benzene rings is 1. The van der Waals surface area contributed by atoms with Gasteiger partial charge >= 0.3 is 0 Å². The van der Waals surface area contributed by atoms with Gasteiger partial charge in [0.15, 0.2) is 0 Å². The van der Waals surface area contributed by atoms with Crippen LogP contribution in [0.2, 0.25) is 0 Å². The van der Waals surface area contributed by atoms with Gasteiger partial charge in [0, 0.05) is 12.6 Å². The Hall–Kier alpha value is -0.860. The van der Waals surface area contributed by atoms with Crippen LogP contribution in [0, 0.1) is 11.8 Å². The van der Waals surface area contributed by atoms with Crippen LogP contribution in [0.5, 0.6) is 0 Å². The molecule has 1 aliphatic carbocycles. The molecule has 0 aromatic heterocycles. The standard InChI is InChI=1S/C19H30N2/c1-20-19-9-5-8-18(19)15-21-12-10-17(11-13-21)14-16-6-3-2-4-7-16/h2-4,6-7,17-20H,5,8-15H2,1H3. The Morgan fingerprint density at radius 1 is 1.05 bits per heavy atom. The van der Waals surface area contributed by atoms with E-state index in [4.69, 9.17) is 0 Å². The Bertz CT molecular complexity index is 409. The summed E-state index contributed by atoms with van der Waals surface area (Å²) in [5.74, 6) is 1.79. The zero-order valence-corrected chi connectivity index (χ0v) is 13.4. The van der Waals surface area contributed by atoms with E-state index < -0.39 is 0 Å². The lowest BCUT2D eigenvalue weighted by molar-refractivity contribution is 0.153. The summed E-state index contributed by atoms with van der Waals surface area (Å²) in [6, 6.07) is 11.8. The van der Waals surface area contributed by atoms with Crippen molar-refractivity contribution in [3.8, 4) is 0 Å².